The van der Waals surface area contributed by atoms with E-state index in [0.29, 0.717) is 6.54 Å². The molecule has 2 nitrogen and oxygen atoms in total. The number of hydrogen-bond acceptors (Lipinski definition) is 1. The number of amides is 1. The van der Waals surface area contributed by atoms with Crippen LogP contribution in [0.5, 0.6) is 0 Å². The molecule has 0 saturated heterocycles. The largest absolute Gasteiger partial charge is 0.346 e. The molecule has 1 rings (SSSR count). The highest BCUT2D eigenvalue weighted by Gasteiger charge is 2.22. The molecule has 1 amide bonds. The molecule has 0 atom stereocenters. The summed E-state index contributed by atoms with van der Waals surface area (Å²) < 4.78 is 0. The normalized spacial score (nSPS) is 11.2. The summed E-state index contributed by atoms with van der Waals surface area (Å²) in [5, 5.41) is 2.46. The van der Waals surface area contributed by atoms with Crippen LogP contribution < -0.4 is 5.32 Å². The maximum absolute atomic E-state index is 10.8. The van der Waals surface area contributed by atoms with Gasteiger partial charge in [0, 0.05) is 12.0 Å². The zero-order valence-electron chi connectivity index (χ0n) is 9.37. The number of rotatable bonds is 3. The molecule has 0 aliphatic rings. The number of aryl methyl sites for hydroxylation is 1. The van der Waals surface area contributed by atoms with E-state index in [1.807, 2.05) is 12.1 Å². The van der Waals surface area contributed by atoms with Crippen molar-refractivity contribution in [1.29, 1.82) is 0 Å². The highest BCUT2D eigenvalue weighted by molar-refractivity contribution is 7.96. The van der Waals surface area contributed by atoms with Gasteiger partial charge in [0.2, 0.25) is 0 Å². The molecule has 3 heteroatoms. The van der Waals surface area contributed by atoms with Gasteiger partial charge in [-0.15, -0.1) is 0 Å². The Hall–Kier alpha value is -0.960. The van der Waals surface area contributed by atoms with Gasteiger partial charge < -0.3 is 5.32 Å². The van der Waals surface area contributed by atoms with Crippen molar-refractivity contribution in [2.45, 2.75) is 26.2 Å². The quantitative estimate of drug-likeness (QED) is 0.758. The van der Waals surface area contributed by atoms with Crippen molar-refractivity contribution < 1.29 is 4.79 Å². The third-order valence-corrected chi connectivity index (χ3v) is 2.71. The molecule has 0 spiro atoms. The molecule has 0 fully saturated rings. The summed E-state index contributed by atoms with van der Waals surface area (Å²) in [6.07, 6.45) is 0. The Morgan fingerprint density at radius 3 is 2.53 bits per heavy atom. The molecule has 0 aliphatic carbocycles. The number of carbonyl (C=O) groups excluding carboxylic acids is 1. The van der Waals surface area contributed by atoms with Crippen LogP contribution in [0.1, 0.15) is 25.0 Å². The van der Waals surface area contributed by atoms with Crippen LogP contribution in [0.15, 0.2) is 24.3 Å². The van der Waals surface area contributed by atoms with Crippen molar-refractivity contribution in [3.8, 4) is 0 Å². The van der Waals surface area contributed by atoms with Gasteiger partial charge in [-0.05, 0) is 18.1 Å². The molecule has 0 aliphatic heterocycles. The third-order valence-electron chi connectivity index (χ3n) is 2.56. The zero-order valence-corrected chi connectivity index (χ0v) is 10.3. The molecular weight excluding hydrogens is 206 g/mol. The van der Waals surface area contributed by atoms with Gasteiger partial charge in [-0.25, -0.2) is 0 Å². The molecule has 15 heavy (non-hydrogen) atoms. The van der Waals surface area contributed by atoms with Crippen molar-refractivity contribution in [2.75, 3.05) is 6.54 Å². The van der Waals surface area contributed by atoms with Gasteiger partial charge in [0.1, 0.15) is 0 Å². The monoisotopic (exact) mass is 223 g/mol. The fourth-order valence-corrected chi connectivity index (χ4v) is 1.80. The predicted octanol–water partition coefficient (Wildman–Crippen LogP) is 2.91. The molecule has 1 aromatic carbocycles. The Morgan fingerprint density at radius 2 is 2.00 bits per heavy atom. The van der Waals surface area contributed by atoms with Crippen LogP contribution in [0.25, 0.3) is 0 Å². The van der Waals surface area contributed by atoms with Gasteiger partial charge in [-0.1, -0.05) is 50.7 Å². The van der Waals surface area contributed by atoms with E-state index in [0.717, 1.165) is 0 Å². The second-order valence-corrected chi connectivity index (χ2v) is 4.76. The molecule has 0 saturated carbocycles. The Bertz CT molecular complexity index is 360. The van der Waals surface area contributed by atoms with Crippen molar-refractivity contribution in [1.82, 2.24) is 5.32 Å². The predicted molar refractivity (Wildman–Crippen MR) is 66.6 cm³/mol. The Kier molecular flexibility index (Phi) is 3.80. The van der Waals surface area contributed by atoms with Gasteiger partial charge in [0.25, 0.3) is 5.24 Å². The first kappa shape index (κ1) is 12.1. The molecule has 1 N–H and O–H groups in total. The van der Waals surface area contributed by atoms with E-state index in [2.05, 4.69) is 50.8 Å². The number of benzene rings is 1. The van der Waals surface area contributed by atoms with Crippen molar-refractivity contribution in [3.05, 3.63) is 35.4 Å². The van der Waals surface area contributed by atoms with E-state index in [-0.39, 0.29) is 10.7 Å². The number of thiol groups is 1. The van der Waals surface area contributed by atoms with Crippen LogP contribution in [0, 0.1) is 6.92 Å². The first-order valence-corrected chi connectivity index (χ1v) is 5.41. The molecule has 0 heterocycles. The first-order valence-electron chi connectivity index (χ1n) is 4.96. The Labute approximate surface area is 96.5 Å². The van der Waals surface area contributed by atoms with E-state index < -0.39 is 0 Å². The first-order chi connectivity index (χ1) is 6.93. The smallest absolute Gasteiger partial charge is 0.276 e. The summed E-state index contributed by atoms with van der Waals surface area (Å²) in [6, 6.07) is 8.22. The van der Waals surface area contributed by atoms with E-state index in [1.54, 1.807) is 0 Å². The molecule has 0 unspecified atom stereocenters. The molecule has 0 radical (unpaired) electrons. The molecule has 1 aromatic rings. The standard InChI is InChI=1S/C12H17NOS/c1-9-6-4-5-7-10(9)12(2,3)8-13-11(14)15/h4-7H,8H2,1-3H3,(H2,13,14,15). The van der Waals surface area contributed by atoms with Crippen LogP contribution in [0.4, 0.5) is 4.79 Å². The Balaban J connectivity index is 2.85. The fraction of sp³-hybridized carbons (Fsp3) is 0.417. The summed E-state index contributed by atoms with van der Waals surface area (Å²) in [5.41, 5.74) is 2.44. The average Bonchev–Trinajstić information content (AvgIpc) is 2.15. The van der Waals surface area contributed by atoms with E-state index in [4.69, 9.17) is 0 Å². The zero-order chi connectivity index (χ0) is 11.5. The molecule has 0 aromatic heterocycles. The van der Waals surface area contributed by atoms with Crippen LogP contribution in [0.2, 0.25) is 0 Å². The highest BCUT2D eigenvalue weighted by Crippen LogP contribution is 2.25. The van der Waals surface area contributed by atoms with Crippen molar-refractivity contribution in [3.63, 3.8) is 0 Å². The van der Waals surface area contributed by atoms with Crippen LogP contribution in [-0.2, 0) is 5.41 Å². The van der Waals surface area contributed by atoms with Gasteiger partial charge in [-0.2, -0.15) is 0 Å². The number of carbonyl (C=O) groups is 1. The summed E-state index contributed by atoms with van der Waals surface area (Å²) >= 11 is 3.70. The average molecular weight is 223 g/mol. The van der Waals surface area contributed by atoms with Crippen LogP contribution in [0.3, 0.4) is 0 Å². The summed E-state index contributed by atoms with van der Waals surface area (Å²) in [5.74, 6) is 0. The van der Waals surface area contributed by atoms with Gasteiger partial charge >= 0.3 is 0 Å². The maximum Gasteiger partial charge on any atom is 0.276 e. The van der Waals surface area contributed by atoms with Gasteiger partial charge in [0.05, 0.1) is 0 Å². The van der Waals surface area contributed by atoms with Crippen molar-refractivity contribution in [2.24, 2.45) is 0 Å². The maximum atomic E-state index is 10.8. The highest BCUT2D eigenvalue weighted by atomic mass is 32.1. The minimum Gasteiger partial charge on any atom is -0.346 e. The summed E-state index contributed by atoms with van der Waals surface area (Å²) in [6.45, 7) is 6.90. The summed E-state index contributed by atoms with van der Waals surface area (Å²) in [4.78, 5) is 10.8. The van der Waals surface area contributed by atoms with E-state index in [1.165, 1.54) is 11.1 Å². The minimum atomic E-state index is -0.281. The SMILES string of the molecule is Cc1ccccc1C(C)(C)CNC(=O)S. The fourth-order valence-electron chi connectivity index (χ4n) is 1.72. The minimum absolute atomic E-state index is 0.0657. The topological polar surface area (TPSA) is 29.1 Å². The lowest BCUT2D eigenvalue weighted by molar-refractivity contribution is 0.258. The van der Waals surface area contributed by atoms with Crippen molar-refractivity contribution >= 4 is 17.9 Å². The summed E-state index contributed by atoms with van der Waals surface area (Å²) in [7, 11) is 0. The van der Waals surface area contributed by atoms with Gasteiger partial charge in [-0.3, -0.25) is 4.79 Å². The third kappa shape index (κ3) is 3.27. The molecule has 0 bridgehead atoms. The molecular formula is C12H17NOS. The lowest BCUT2D eigenvalue weighted by atomic mass is 9.82. The lowest BCUT2D eigenvalue weighted by Crippen LogP contribution is -2.34. The van der Waals surface area contributed by atoms with Crippen LogP contribution >= 0.6 is 12.6 Å². The second kappa shape index (κ2) is 4.71. The Morgan fingerprint density at radius 1 is 1.40 bits per heavy atom. The molecule has 82 valence electrons. The second-order valence-electron chi connectivity index (χ2n) is 4.36. The number of nitrogens with one attached hydrogen (secondary N) is 1. The van der Waals surface area contributed by atoms with E-state index >= 15 is 0 Å². The number of hydrogen-bond donors (Lipinski definition) is 2. The van der Waals surface area contributed by atoms with Gasteiger partial charge in [0.15, 0.2) is 0 Å². The lowest BCUT2D eigenvalue weighted by Gasteiger charge is -2.27. The van der Waals surface area contributed by atoms with Crippen LogP contribution in [-0.4, -0.2) is 11.8 Å². The van der Waals surface area contributed by atoms with E-state index in [9.17, 15) is 4.79 Å².